The second-order valence-corrected chi connectivity index (χ2v) is 7.88. The number of nitriles is 1. The van der Waals surface area contributed by atoms with Crippen molar-refractivity contribution in [3.63, 3.8) is 0 Å². The van der Waals surface area contributed by atoms with Crippen molar-refractivity contribution in [2.45, 2.75) is 6.92 Å². The number of carbonyl (C=O) groups is 3. The van der Waals surface area contributed by atoms with Crippen molar-refractivity contribution in [3.8, 4) is 6.07 Å². The van der Waals surface area contributed by atoms with Crippen LogP contribution in [-0.4, -0.2) is 60.7 Å². The third-order valence-corrected chi connectivity index (χ3v) is 5.63. The molecule has 2 aliphatic heterocycles. The number of likely N-dealkylation sites (N-methyl/N-ethyl adjacent to an activating group) is 1. The summed E-state index contributed by atoms with van der Waals surface area (Å²) in [5.74, 6) is -0.958. The number of rotatable bonds is 4. The molecule has 1 N–H and O–H groups in total. The van der Waals surface area contributed by atoms with E-state index in [4.69, 9.17) is 5.26 Å². The average molecular weight is 429 g/mol. The molecule has 0 unspecified atom stereocenters. The molecule has 162 valence electrons. The van der Waals surface area contributed by atoms with Crippen LogP contribution in [0.3, 0.4) is 0 Å². The normalized spacial score (nSPS) is 17.0. The monoisotopic (exact) mass is 429 g/mol. The number of nitrogens with zero attached hydrogens (tertiary/aromatic N) is 4. The van der Waals surface area contributed by atoms with Gasteiger partial charge in [0.25, 0.3) is 11.8 Å². The molecule has 0 aromatic heterocycles. The van der Waals surface area contributed by atoms with E-state index >= 15 is 0 Å². The highest BCUT2D eigenvalue weighted by atomic mass is 16.2. The first-order valence-corrected chi connectivity index (χ1v) is 10.3. The molecule has 2 aromatic carbocycles. The topological polar surface area (TPSA) is 96.8 Å². The summed E-state index contributed by atoms with van der Waals surface area (Å²) in [5, 5.41) is 11.8. The highest BCUT2D eigenvalue weighted by Crippen LogP contribution is 2.35. The van der Waals surface area contributed by atoms with Gasteiger partial charge in [0, 0.05) is 38.8 Å². The summed E-state index contributed by atoms with van der Waals surface area (Å²) >= 11 is 0. The molecule has 8 heteroatoms. The number of hydrogen-bond acceptors (Lipinski definition) is 6. The predicted molar refractivity (Wildman–Crippen MR) is 120 cm³/mol. The quantitative estimate of drug-likeness (QED) is 0.748. The molecule has 0 aliphatic carbocycles. The number of amides is 3. The smallest absolute Gasteiger partial charge is 0.282 e. The fraction of sp³-hybridized carbons (Fsp3) is 0.250. The summed E-state index contributed by atoms with van der Waals surface area (Å²) in [6, 6.07) is 15.4. The Balaban J connectivity index is 1.75. The molecule has 2 heterocycles. The SMILES string of the molecule is CC(=O)Nc1ccc(C2=C(N3CCN(C)CC3)C(=O)N(c3ccc(C#N)cc3)C2=O)cc1. The van der Waals surface area contributed by atoms with Gasteiger partial charge in [-0.05, 0) is 49.0 Å². The van der Waals surface area contributed by atoms with Gasteiger partial charge in [-0.1, -0.05) is 12.1 Å². The lowest BCUT2D eigenvalue weighted by Crippen LogP contribution is -2.46. The van der Waals surface area contributed by atoms with Gasteiger partial charge in [-0.3, -0.25) is 14.4 Å². The maximum atomic E-state index is 13.5. The molecule has 4 rings (SSSR count). The van der Waals surface area contributed by atoms with Crippen LogP contribution in [0.4, 0.5) is 11.4 Å². The van der Waals surface area contributed by atoms with Crippen LogP contribution in [0, 0.1) is 11.3 Å². The lowest BCUT2D eigenvalue weighted by Gasteiger charge is -2.34. The molecular weight excluding hydrogens is 406 g/mol. The summed E-state index contributed by atoms with van der Waals surface area (Å²) in [6.07, 6.45) is 0. The van der Waals surface area contributed by atoms with Gasteiger partial charge in [-0.2, -0.15) is 5.26 Å². The first kappa shape index (κ1) is 21.3. The molecule has 2 aliphatic rings. The zero-order valence-electron chi connectivity index (χ0n) is 18.0. The van der Waals surface area contributed by atoms with Gasteiger partial charge in [0.05, 0.1) is 22.9 Å². The lowest BCUT2D eigenvalue weighted by molar-refractivity contribution is -0.121. The zero-order valence-corrected chi connectivity index (χ0v) is 18.0. The van der Waals surface area contributed by atoms with E-state index in [1.54, 1.807) is 48.5 Å². The largest absolute Gasteiger partial charge is 0.364 e. The minimum absolute atomic E-state index is 0.186. The molecule has 32 heavy (non-hydrogen) atoms. The van der Waals surface area contributed by atoms with E-state index in [9.17, 15) is 14.4 Å². The van der Waals surface area contributed by atoms with E-state index < -0.39 is 5.91 Å². The Bertz CT molecular complexity index is 1140. The standard InChI is InChI=1S/C24H23N5O3/c1-16(30)26-19-7-5-18(6-8-19)21-22(28-13-11-27(2)12-14-28)24(32)29(23(21)31)20-9-3-17(15-25)4-10-20/h3-10H,11-14H2,1-2H3,(H,26,30). The van der Waals surface area contributed by atoms with Gasteiger partial charge in [0.2, 0.25) is 5.91 Å². The van der Waals surface area contributed by atoms with Gasteiger partial charge >= 0.3 is 0 Å². The van der Waals surface area contributed by atoms with Crippen LogP contribution in [0.1, 0.15) is 18.1 Å². The van der Waals surface area contributed by atoms with Crippen LogP contribution in [0.5, 0.6) is 0 Å². The molecule has 1 fully saturated rings. The van der Waals surface area contributed by atoms with Crippen LogP contribution in [0.15, 0.2) is 54.2 Å². The Kier molecular flexibility index (Phi) is 5.75. The molecule has 8 nitrogen and oxygen atoms in total. The number of piperazine rings is 1. The number of anilines is 2. The molecule has 0 bridgehead atoms. The molecule has 0 atom stereocenters. The van der Waals surface area contributed by atoms with Crippen molar-refractivity contribution in [2.75, 3.05) is 43.4 Å². The van der Waals surface area contributed by atoms with Crippen molar-refractivity contribution < 1.29 is 14.4 Å². The lowest BCUT2D eigenvalue weighted by atomic mass is 10.0. The van der Waals surface area contributed by atoms with E-state index in [0.717, 1.165) is 13.1 Å². The summed E-state index contributed by atoms with van der Waals surface area (Å²) in [6.45, 7) is 4.28. The van der Waals surface area contributed by atoms with Crippen LogP contribution < -0.4 is 10.2 Å². The average Bonchev–Trinajstić information content (AvgIpc) is 3.04. The molecule has 3 amide bonds. The fourth-order valence-electron chi connectivity index (χ4n) is 3.94. The van der Waals surface area contributed by atoms with Gasteiger partial charge in [-0.15, -0.1) is 0 Å². The Labute approximate surface area is 186 Å². The second-order valence-electron chi connectivity index (χ2n) is 7.88. The number of nitrogens with one attached hydrogen (secondary N) is 1. The van der Waals surface area contributed by atoms with Crippen molar-refractivity contribution in [2.24, 2.45) is 0 Å². The maximum absolute atomic E-state index is 13.5. The first-order valence-electron chi connectivity index (χ1n) is 10.3. The van der Waals surface area contributed by atoms with Crippen molar-refractivity contribution >= 4 is 34.7 Å². The summed E-state index contributed by atoms with van der Waals surface area (Å²) in [4.78, 5) is 43.7. The van der Waals surface area contributed by atoms with Crippen LogP contribution in [-0.2, 0) is 14.4 Å². The number of hydrogen-bond donors (Lipinski definition) is 1. The first-order chi connectivity index (χ1) is 15.4. The van der Waals surface area contributed by atoms with Gasteiger partial charge in [0.1, 0.15) is 5.70 Å². The minimum Gasteiger partial charge on any atom is -0.364 e. The predicted octanol–water partition coefficient (Wildman–Crippen LogP) is 2.05. The van der Waals surface area contributed by atoms with Gasteiger partial charge in [-0.25, -0.2) is 4.90 Å². The Hall–Kier alpha value is -3.96. The number of carbonyl (C=O) groups excluding carboxylic acids is 3. The Morgan fingerprint density at radius 3 is 2.12 bits per heavy atom. The van der Waals surface area contributed by atoms with Crippen molar-refractivity contribution in [1.82, 2.24) is 9.80 Å². The minimum atomic E-state index is -0.402. The summed E-state index contributed by atoms with van der Waals surface area (Å²) in [5.41, 5.74) is 2.84. The molecule has 0 saturated carbocycles. The Morgan fingerprint density at radius 1 is 0.938 bits per heavy atom. The molecule has 1 saturated heterocycles. The molecular formula is C24H23N5O3. The fourth-order valence-corrected chi connectivity index (χ4v) is 3.94. The summed E-state index contributed by atoms with van der Waals surface area (Å²) in [7, 11) is 2.03. The van der Waals surface area contributed by atoms with Crippen molar-refractivity contribution in [3.05, 3.63) is 65.4 Å². The number of imide groups is 1. The van der Waals surface area contributed by atoms with E-state index in [1.807, 2.05) is 18.0 Å². The summed E-state index contributed by atoms with van der Waals surface area (Å²) < 4.78 is 0. The van der Waals surface area contributed by atoms with E-state index in [2.05, 4.69) is 10.2 Å². The maximum Gasteiger partial charge on any atom is 0.282 e. The number of benzene rings is 2. The molecule has 0 radical (unpaired) electrons. The second kappa shape index (κ2) is 8.65. The van der Waals surface area contributed by atoms with Crippen LogP contribution in [0.25, 0.3) is 5.57 Å². The molecule has 2 aromatic rings. The third-order valence-electron chi connectivity index (χ3n) is 5.63. The Morgan fingerprint density at radius 2 is 1.56 bits per heavy atom. The van der Waals surface area contributed by atoms with Gasteiger partial charge < -0.3 is 15.1 Å². The zero-order chi connectivity index (χ0) is 22.8. The van der Waals surface area contributed by atoms with Gasteiger partial charge in [0.15, 0.2) is 0 Å². The highest BCUT2D eigenvalue weighted by Gasteiger charge is 2.42. The van der Waals surface area contributed by atoms with Crippen LogP contribution in [0.2, 0.25) is 0 Å². The van der Waals surface area contributed by atoms with E-state index in [1.165, 1.54) is 11.8 Å². The van der Waals surface area contributed by atoms with Crippen molar-refractivity contribution in [1.29, 1.82) is 5.26 Å². The van der Waals surface area contributed by atoms with E-state index in [-0.39, 0.29) is 11.8 Å². The third kappa shape index (κ3) is 3.98. The van der Waals surface area contributed by atoms with Crippen LogP contribution >= 0.6 is 0 Å². The van der Waals surface area contributed by atoms with E-state index in [0.29, 0.717) is 46.9 Å². The molecule has 0 spiro atoms. The highest BCUT2D eigenvalue weighted by molar-refractivity contribution is 6.45.